The van der Waals surface area contributed by atoms with Crippen LogP contribution in [-0.2, 0) is 4.74 Å². The van der Waals surface area contributed by atoms with Crippen molar-refractivity contribution >= 4 is 0 Å². The lowest BCUT2D eigenvalue weighted by Gasteiger charge is -2.08. The summed E-state index contributed by atoms with van der Waals surface area (Å²) in [6.45, 7) is 1.65. The topological polar surface area (TPSA) is 29.5 Å². The second kappa shape index (κ2) is 7.43. The average molecular weight is 182 g/mol. The van der Waals surface area contributed by atoms with E-state index in [0.29, 0.717) is 12.8 Å². The first-order valence-corrected chi connectivity index (χ1v) is 4.20. The minimum absolute atomic E-state index is 0.214. The summed E-state index contributed by atoms with van der Waals surface area (Å²) in [4.78, 5) is 0. The van der Waals surface area contributed by atoms with Crippen molar-refractivity contribution in [3.8, 4) is 0 Å². The van der Waals surface area contributed by atoms with Crippen LogP contribution in [0.5, 0.6) is 0 Å². The standard InChI is InChI=1S/C8H16F2O2/c1-2-3-7(11)4-5-12-6-8(9)10/h7-8,11H,2-6H2,1H3. The highest BCUT2D eigenvalue weighted by Gasteiger charge is 2.04. The lowest BCUT2D eigenvalue weighted by Crippen LogP contribution is -2.12. The summed E-state index contributed by atoms with van der Waals surface area (Å²) >= 11 is 0. The van der Waals surface area contributed by atoms with Gasteiger partial charge in [0.2, 0.25) is 0 Å². The quantitative estimate of drug-likeness (QED) is 0.608. The minimum Gasteiger partial charge on any atom is -0.393 e. The zero-order valence-corrected chi connectivity index (χ0v) is 7.30. The molecule has 0 aromatic rings. The molecule has 74 valence electrons. The van der Waals surface area contributed by atoms with E-state index in [1.165, 1.54) is 0 Å². The summed E-state index contributed by atoms with van der Waals surface area (Å²) in [5, 5.41) is 9.15. The van der Waals surface area contributed by atoms with E-state index in [2.05, 4.69) is 4.74 Å². The molecule has 0 amide bonds. The van der Waals surface area contributed by atoms with Gasteiger partial charge in [0.1, 0.15) is 6.61 Å². The van der Waals surface area contributed by atoms with Crippen molar-refractivity contribution in [3.63, 3.8) is 0 Å². The molecular formula is C8H16F2O2. The number of alkyl halides is 2. The van der Waals surface area contributed by atoms with Crippen molar-refractivity contribution in [1.29, 1.82) is 0 Å². The van der Waals surface area contributed by atoms with Crippen molar-refractivity contribution in [2.45, 2.75) is 38.7 Å². The molecule has 12 heavy (non-hydrogen) atoms. The normalized spacial score (nSPS) is 13.8. The first-order chi connectivity index (χ1) is 5.66. The van der Waals surface area contributed by atoms with Gasteiger partial charge in [0.05, 0.1) is 6.10 Å². The van der Waals surface area contributed by atoms with Gasteiger partial charge in [0.15, 0.2) is 0 Å². The molecule has 0 rings (SSSR count). The Morgan fingerprint density at radius 1 is 1.33 bits per heavy atom. The van der Waals surface area contributed by atoms with Crippen LogP contribution in [0, 0.1) is 0 Å². The van der Waals surface area contributed by atoms with Crippen molar-refractivity contribution in [2.75, 3.05) is 13.2 Å². The van der Waals surface area contributed by atoms with Crippen molar-refractivity contribution in [3.05, 3.63) is 0 Å². The number of rotatable bonds is 7. The Morgan fingerprint density at radius 2 is 2.00 bits per heavy atom. The summed E-state index contributed by atoms with van der Waals surface area (Å²) in [5.74, 6) is 0. The fourth-order valence-electron chi connectivity index (χ4n) is 0.869. The molecule has 0 aliphatic heterocycles. The molecule has 4 heteroatoms. The lowest BCUT2D eigenvalue weighted by molar-refractivity contribution is 0.00419. The Hall–Kier alpha value is -0.220. The SMILES string of the molecule is CCCC(O)CCOCC(F)F. The first-order valence-electron chi connectivity index (χ1n) is 4.20. The predicted octanol–water partition coefficient (Wildman–Crippen LogP) is 1.82. The van der Waals surface area contributed by atoms with E-state index >= 15 is 0 Å². The Kier molecular flexibility index (Phi) is 7.29. The number of hydrogen-bond donors (Lipinski definition) is 1. The Bertz CT molecular complexity index is 99.1. The van der Waals surface area contributed by atoms with E-state index < -0.39 is 19.1 Å². The number of ether oxygens (including phenoxy) is 1. The molecule has 0 bridgehead atoms. The molecule has 0 aliphatic carbocycles. The second-order valence-corrected chi connectivity index (χ2v) is 2.70. The van der Waals surface area contributed by atoms with Crippen molar-refractivity contribution in [2.24, 2.45) is 0 Å². The summed E-state index contributed by atoms with van der Waals surface area (Å²) in [6, 6.07) is 0. The molecular weight excluding hydrogens is 166 g/mol. The van der Waals surface area contributed by atoms with E-state index in [0.717, 1.165) is 6.42 Å². The maximum absolute atomic E-state index is 11.5. The summed E-state index contributed by atoms with van der Waals surface area (Å²) < 4.78 is 27.6. The summed E-state index contributed by atoms with van der Waals surface area (Å²) in [6.07, 6.45) is -0.768. The van der Waals surface area contributed by atoms with Gasteiger partial charge < -0.3 is 9.84 Å². The highest BCUT2D eigenvalue weighted by atomic mass is 19.3. The van der Waals surface area contributed by atoms with Gasteiger partial charge in [-0.1, -0.05) is 13.3 Å². The van der Waals surface area contributed by atoms with E-state index in [4.69, 9.17) is 5.11 Å². The fraction of sp³-hybridized carbons (Fsp3) is 1.00. The molecule has 0 fully saturated rings. The van der Waals surface area contributed by atoms with Gasteiger partial charge in [-0.3, -0.25) is 0 Å². The highest BCUT2D eigenvalue weighted by Crippen LogP contribution is 2.01. The van der Waals surface area contributed by atoms with Crippen LogP contribution in [0.2, 0.25) is 0 Å². The van der Waals surface area contributed by atoms with Gasteiger partial charge in [0, 0.05) is 6.61 Å². The zero-order chi connectivity index (χ0) is 9.40. The number of aliphatic hydroxyl groups is 1. The molecule has 0 aliphatic rings. The third-order valence-corrected chi connectivity index (χ3v) is 1.46. The van der Waals surface area contributed by atoms with Crippen LogP contribution in [0.3, 0.4) is 0 Å². The minimum atomic E-state index is -2.41. The van der Waals surface area contributed by atoms with Gasteiger partial charge in [-0.25, -0.2) is 8.78 Å². The van der Waals surface area contributed by atoms with Crippen LogP contribution in [-0.4, -0.2) is 30.8 Å². The van der Waals surface area contributed by atoms with Crippen LogP contribution in [0.4, 0.5) is 8.78 Å². The van der Waals surface area contributed by atoms with Crippen molar-refractivity contribution in [1.82, 2.24) is 0 Å². The molecule has 0 saturated heterocycles. The van der Waals surface area contributed by atoms with Gasteiger partial charge in [-0.2, -0.15) is 0 Å². The largest absolute Gasteiger partial charge is 0.393 e. The van der Waals surface area contributed by atoms with E-state index in [1.807, 2.05) is 6.92 Å². The summed E-state index contributed by atoms with van der Waals surface area (Å²) in [5.41, 5.74) is 0. The average Bonchev–Trinajstić information content (AvgIpc) is 1.98. The van der Waals surface area contributed by atoms with Gasteiger partial charge in [-0.15, -0.1) is 0 Å². The second-order valence-electron chi connectivity index (χ2n) is 2.70. The third-order valence-electron chi connectivity index (χ3n) is 1.46. The molecule has 0 aromatic heterocycles. The van der Waals surface area contributed by atoms with E-state index in [9.17, 15) is 8.78 Å². The Labute approximate surface area is 71.5 Å². The molecule has 1 N–H and O–H groups in total. The molecule has 0 saturated carbocycles. The van der Waals surface area contributed by atoms with Crippen LogP contribution < -0.4 is 0 Å². The Morgan fingerprint density at radius 3 is 2.50 bits per heavy atom. The molecule has 1 atom stereocenters. The van der Waals surface area contributed by atoms with Crippen LogP contribution in [0.1, 0.15) is 26.2 Å². The number of halogens is 2. The van der Waals surface area contributed by atoms with Crippen LogP contribution >= 0.6 is 0 Å². The maximum Gasteiger partial charge on any atom is 0.261 e. The molecule has 0 spiro atoms. The molecule has 0 radical (unpaired) electrons. The smallest absolute Gasteiger partial charge is 0.261 e. The Balaban J connectivity index is 3.08. The molecule has 0 heterocycles. The monoisotopic (exact) mass is 182 g/mol. The maximum atomic E-state index is 11.5. The van der Waals surface area contributed by atoms with Crippen molar-refractivity contribution < 1.29 is 18.6 Å². The van der Waals surface area contributed by atoms with Gasteiger partial charge in [-0.05, 0) is 12.8 Å². The molecule has 0 aromatic carbocycles. The van der Waals surface area contributed by atoms with Crippen LogP contribution in [0.25, 0.3) is 0 Å². The van der Waals surface area contributed by atoms with Crippen LogP contribution in [0.15, 0.2) is 0 Å². The first kappa shape index (κ1) is 11.8. The molecule has 2 nitrogen and oxygen atoms in total. The summed E-state index contributed by atoms with van der Waals surface area (Å²) in [7, 11) is 0. The third kappa shape index (κ3) is 7.88. The number of aliphatic hydroxyl groups excluding tert-OH is 1. The zero-order valence-electron chi connectivity index (χ0n) is 7.30. The fourth-order valence-corrected chi connectivity index (χ4v) is 0.869. The van der Waals surface area contributed by atoms with Gasteiger partial charge >= 0.3 is 0 Å². The van der Waals surface area contributed by atoms with E-state index in [1.54, 1.807) is 0 Å². The lowest BCUT2D eigenvalue weighted by atomic mass is 10.1. The highest BCUT2D eigenvalue weighted by molar-refractivity contribution is 4.53. The number of hydrogen-bond acceptors (Lipinski definition) is 2. The van der Waals surface area contributed by atoms with E-state index in [-0.39, 0.29) is 6.61 Å². The predicted molar refractivity (Wildman–Crippen MR) is 42.4 cm³/mol. The van der Waals surface area contributed by atoms with Gasteiger partial charge in [0.25, 0.3) is 6.43 Å². The molecule has 1 unspecified atom stereocenters.